The molecule has 3 aromatic rings. The van der Waals surface area contributed by atoms with Crippen LogP contribution in [0.4, 0.5) is 11.6 Å². The summed E-state index contributed by atoms with van der Waals surface area (Å²) in [6.07, 6.45) is 4.40. The maximum Gasteiger partial charge on any atom is 0.234 e. The molecule has 2 aliphatic rings. The molecule has 0 spiro atoms. The van der Waals surface area contributed by atoms with Gasteiger partial charge >= 0.3 is 0 Å². The van der Waals surface area contributed by atoms with Crippen LogP contribution in [0, 0.1) is 6.92 Å². The Morgan fingerprint density at radius 2 is 1.74 bits per heavy atom. The second-order valence-electron chi connectivity index (χ2n) is 8.55. The Morgan fingerprint density at radius 3 is 2.53 bits per heavy atom. The van der Waals surface area contributed by atoms with E-state index in [0.717, 1.165) is 44.0 Å². The lowest BCUT2D eigenvalue weighted by molar-refractivity contribution is -0.113. The van der Waals surface area contributed by atoms with E-state index in [1.807, 2.05) is 18.2 Å². The van der Waals surface area contributed by atoms with Crippen molar-refractivity contribution in [2.75, 3.05) is 42.3 Å². The highest BCUT2D eigenvalue weighted by molar-refractivity contribution is 7.99. The Balaban J connectivity index is 1.31. The Bertz CT molecular complexity index is 1140. The number of hydrogen-bond acceptors (Lipinski definition) is 7. The quantitative estimate of drug-likeness (QED) is 0.523. The van der Waals surface area contributed by atoms with Crippen molar-refractivity contribution in [2.24, 2.45) is 0 Å². The molecule has 5 rings (SSSR count). The number of thioether (sulfide) groups is 1. The largest absolute Gasteiger partial charge is 0.490 e. The van der Waals surface area contributed by atoms with Crippen LogP contribution in [-0.2, 0) is 4.79 Å². The molecule has 8 nitrogen and oxygen atoms in total. The van der Waals surface area contributed by atoms with Gasteiger partial charge < -0.3 is 19.7 Å². The van der Waals surface area contributed by atoms with Gasteiger partial charge in [-0.1, -0.05) is 29.5 Å². The van der Waals surface area contributed by atoms with Crippen molar-refractivity contribution < 1.29 is 14.3 Å². The molecule has 1 N–H and O–H groups in total. The number of fused-ring (bicyclic) bond motifs is 1. The van der Waals surface area contributed by atoms with Crippen LogP contribution < -0.4 is 19.7 Å². The van der Waals surface area contributed by atoms with Gasteiger partial charge in [0.15, 0.2) is 16.7 Å². The average molecular weight is 480 g/mol. The molecule has 0 unspecified atom stereocenters. The smallest absolute Gasteiger partial charge is 0.234 e. The van der Waals surface area contributed by atoms with Gasteiger partial charge in [0.1, 0.15) is 0 Å². The van der Waals surface area contributed by atoms with Crippen LogP contribution in [0.15, 0.2) is 47.6 Å². The van der Waals surface area contributed by atoms with Crippen LogP contribution in [0.3, 0.4) is 0 Å². The number of rotatable bonds is 6. The lowest BCUT2D eigenvalue weighted by atomic mass is 10.1. The first-order valence-electron chi connectivity index (χ1n) is 11.8. The summed E-state index contributed by atoms with van der Waals surface area (Å²) in [5.74, 6) is 2.32. The van der Waals surface area contributed by atoms with Gasteiger partial charge in [0, 0.05) is 31.3 Å². The van der Waals surface area contributed by atoms with Gasteiger partial charge in [0.2, 0.25) is 11.9 Å². The number of amides is 1. The molecule has 9 heteroatoms. The molecular formula is C25H29N5O3S. The van der Waals surface area contributed by atoms with Crippen molar-refractivity contribution in [1.82, 2.24) is 14.8 Å². The molecule has 0 radical (unpaired) electrons. The van der Waals surface area contributed by atoms with Crippen molar-refractivity contribution in [2.45, 2.75) is 37.8 Å². The number of aryl methyl sites for hydroxylation is 1. The van der Waals surface area contributed by atoms with Crippen molar-refractivity contribution in [1.29, 1.82) is 0 Å². The second-order valence-corrected chi connectivity index (χ2v) is 9.49. The fourth-order valence-corrected chi connectivity index (χ4v) is 4.89. The maximum absolute atomic E-state index is 12.8. The van der Waals surface area contributed by atoms with E-state index in [9.17, 15) is 4.79 Å². The van der Waals surface area contributed by atoms with E-state index in [0.29, 0.717) is 35.6 Å². The van der Waals surface area contributed by atoms with Gasteiger partial charge in [-0.25, -0.2) is 0 Å². The van der Waals surface area contributed by atoms with Crippen molar-refractivity contribution >= 4 is 29.3 Å². The monoisotopic (exact) mass is 479 g/mol. The first-order valence-corrected chi connectivity index (χ1v) is 12.8. The fraction of sp³-hybridized carbons (Fsp3) is 0.400. The van der Waals surface area contributed by atoms with Crippen molar-refractivity contribution in [3.63, 3.8) is 0 Å². The van der Waals surface area contributed by atoms with Crippen LogP contribution in [-0.4, -0.2) is 52.7 Å². The number of carbonyl (C=O) groups is 1. The SMILES string of the molecule is Cc1ccc(-n2c(SCC(=O)Nc3ccc4c(c3)OCCCO4)nnc2N2CCCCC2)cc1. The number of anilines is 2. The van der Waals surface area contributed by atoms with E-state index in [4.69, 9.17) is 9.47 Å². The molecule has 34 heavy (non-hydrogen) atoms. The third-order valence-corrected chi connectivity index (χ3v) is 6.84. The lowest BCUT2D eigenvalue weighted by Gasteiger charge is -2.27. The fourth-order valence-electron chi connectivity index (χ4n) is 4.14. The minimum Gasteiger partial charge on any atom is -0.490 e. The van der Waals surface area contributed by atoms with Gasteiger partial charge in [0.25, 0.3) is 0 Å². The number of benzene rings is 2. The van der Waals surface area contributed by atoms with Gasteiger partial charge in [-0.15, -0.1) is 10.2 Å². The molecule has 0 aliphatic carbocycles. The zero-order valence-electron chi connectivity index (χ0n) is 19.3. The average Bonchev–Trinajstić information content (AvgIpc) is 3.14. The molecule has 0 atom stereocenters. The summed E-state index contributed by atoms with van der Waals surface area (Å²) in [5, 5.41) is 12.6. The Kier molecular flexibility index (Phi) is 6.89. The standard InChI is InChI=1S/C25H29N5O3S/c1-18-6-9-20(10-7-18)30-24(29-12-3-2-4-13-29)27-28-25(30)34-17-23(31)26-19-8-11-21-22(16-19)33-15-5-14-32-21/h6-11,16H,2-5,12-15,17H2,1H3,(H,26,31). The van der Waals surface area contributed by atoms with E-state index in [2.05, 4.69) is 56.2 Å². The number of nitrogens with one attached hydrogen (secondary N) is 1. The van der Waals surface area contributed by atoms with Gasteiger partial charge in [-0.3, -0.25) is 9.36 Å². The molecular weight excluding hydrogens is 450 g/mol. The first-order chi connectivity index (χ1) is 16.7. The molecule has 2 aliphatic heterocycles. The predicted molar refractivity (Wildman–Crippen MR) is 134 cm³/mol. The number of nitrogens with zero attached hydrogens (tertiary/aromatic N) is 4. The van der Waals surface area contributed by atoms with E-state index in [-0.39, 0.29) is 11.7 Å². The molecule has 1 fully saturated rings. The Morgan fingerprint density at radius 1 is 0.971 bits per heavy atom. The number of carbonyl (C=O) groups excluding carboxylic acids is 1. The summed E-state index contributed by atoms with van der Waals surface area (Å²) in [4.78, 5) is 15.0. The predicted octanol–water partition coefficient (Wildman–Crippen LogP) is 4.46. The summed E-state index contributed by atoms with van der Waals surface area (Å²) in [6, 6.07) is 13.8. The molecule has 1 saturated heterocycles. The Hall–Kier alpha value is -3.20. The minimum absolute atomic E-state index is 0.113. The number of ether oxygens (including phenoxy) is 2. The normalized spacial score (nSPS) is 15.6. The summed E-state index contributed by atoms with van der Waals surface area (Å²) in [6.45, 7) is 5.25. The third-order valence-electron chi connectivity index (χ3n) is 5.91. The van der Waals surface area contributed by atoms with E-state index in [1.165, 1.54) is 23.7 Å². The molecule has 1 aromatic heterocycles. The highest BCUT2D eigenvalue weighted by atomic mass is 32.2. The molecule has 0 saturated carbocycles. The van der Waals surface area contributed by atoms with E-state index < -0.39 is 0 Å². The molecule has 3 heterocycles. The van der Waals surface area contributed by atoms with E-state index in [1.54, 1.807) is 0 Å². The number of piperidine rings is 1. The molecule has 2 aromatic carbocycles. The van der Waals surface area contributed by atoms with Crippen LogP contribution in [0.25, 0.3) is 5.69 Å². The van der Waals surface area contributed by atoms with Crippen LogP contribution >= 0.6 is 11.8 Å². The van der Waals surface area contributed by atoms with Gasteiger partial charge in [-0.05, 0) is 50.5 Å². The minimum atomic E-state index is -0.113. The van der Waals surface area contributed by atoms with Crippen LogP contribution in [0.2, 0.25) is 0 Å². The van der Waals surface area contributed by atoms with Crippen LogP contribution in [0.1, 0.15) is 31.2 Å². The summed E-state index contributed by atoms with van der Waals surface area (Å²) >= 11 is 1.39. The van der Waals surface area contributed by atoms with Gasteiger partial charge in [0.05, 0.1) is 24.7 Å². The summed E-state index contributed by atoms with van der Waals surface area (Å²) < 4.78 is 13.5. The lowest BCUT2D eigenvalue weighted by Crippen LogP contribution is -2.31. The maximum atomic E-state index is 12.8. The van der Waals surface area contributed by atoms with Crippen molar-refractivity contribution in [3.8, 4) is 17.2 Å². The van der Waals surface area contributed by atoms with Crippen LogP contribution in [0.5, 0.6) is 11.5 Å². The third kappa shape index (κ3) is 5.14. The molecule has 1 amide bonds. The zero-order valence-corrected chi connectivity index (χ0v) is 20.1. The number of aromatic nitrogens is 3. The number of hydrogen-bond donors (Lipinski definition) is 1. The zero-order chi connectivity index (χ0) is 23.3. The second kappa shape index (κ2) is 10.4. The highest BCUT2D eigenvalue weighted by Crippen LogP contribution is 2.33. The molecule has 178 valence electrons. The molecule has 0 bridgehead atoms. The van der Waals surface area contributed by atoms with Gasteiger partial charge in [-0.2, -0.15) is 0 Å². The first kappa shape index (κ1) is 22.6. The Labute approximate surface area is 203 Å². The van der Waals surface area contributed by atoms with E-state index >= 15 is 0 Å². The van der Waals surface area contributed by atoms with Crippen molar-refractivity contribution in [3.05, 3.63) is 48.0 Å². The topological polar surface area (TPSA) is 81.5 Å². The summed E-state index contributed by atoms with van der Waals surface area (Å²) in [5.41, 5.74) is 2.88. The summed E-state index contributed by atoms with van der Waals surface area (Å²) in [7, 11) is 0. The highest BCUT2D eigenvalue weighted by Gasteiger charge is 2.22.